The lowest BCUT2D eigenvalue weighted by molar-refractivity contribution is -0.128. The van der Waals surface area contributed by atoms with E-state index in [1.54, 1.807) is 12.3 Å². The van der Waals surface area contributed by atoms with E-state index in [1.807, 2.05) is 37.3 Å². The Balaban J connectivity index is 1.43. The van der Waals surface area contributed by atoms with Gasteiger partial charge in [-0.15, -0.1) is 0 Å². The van der Waals surface area contributed by atoms with Crippen LogP contribution in [0, 0.1) is 0 Å². The van der Waals surface area contributed by atoms with Gasteiger partial charge in [0.25, 0.3) is 5.91 Å². The molecule has 0 unspecified atom stereocenters. The number of pyridine rings is 1. The summed E-state index contributed by atoms with van der Waals surface area (Å²) in [4.78, 5) is 19.3. The first-order valence-corrected chi connectivity index (χ1v) is 8.65. The van der Waals surface area contributed by atoms with Gasteiger partial charge in [0.05, 0.1) is 11.9 Å². The first-order chi connectivity index (χ1) is 12.2. The molecule has 4 rings (SSSR count). The van der Waals surface area contributed by atoms with Gasteiger partial charge in [-0.25, -0.2) is 4.98 Å². The van der Waals surface area contributed by atoms with E-state index >= 15 is 0 Å². The fourth-order valence-electron chi connectivity index (χ4n) is 3.21. The summed E-state index contributed by atoms with van der Waals surface area (Å²) in [5, 5.41) is 2.87. The van der Waals surface area contributed by atoms with Crippen LogP contribution in [-0.2, 0) is 4.79 Å². The lowest BCUT2D eigenvalue weighted by atomic mass is 10.1. The van der Waals surface area contributed by atoms with Crippen LogP contribution in [0.3, 0.4) is 0 Å². The van der Waals surface area contributed by atoms with Crippen LogP contribution in [-0.4, -0.2) is 36.2 Å². The summed E-state index contributed by atoms with van der Waals surface area (Å²) in [6.45, 7) is 3.92. The standard InChI is InChI=1S/C19H21N3O3/c1-13-18(25-16-7-3-2-6-15(16)24-13)19(23)21-14-8-9-17(20-12-14)22-10-4-5-11-22/h2-3,6-9,12-13,18H,4-5,10-11H2,1H3,(H,21,23)/t13-,18+/m1/s1. The molecular formula is C19H21N3O3. The summed E-state index contributed by atoms with van der Waals surface area (Å²) in [5.41, 5.74) is 0.655. The van der Waals surface area contributed by atoms with Gasteiger partial charge in [0.1, 0.15) is 11.9 Å². The van der Waals surface area contributed by atoms with E-state index in [0.29, 0.717) is 17.2 Å². The molecular weight excluding hydrogens is 318 g/mol. The summed E-state index contributed by atoms with van der Waals surface area (Å²) >= 11 is 0. The van der Waals surface area contributed by atoms with Gasteiger partial charge in [0.2, 0.25) is 6.10 Å². The van der Waals surface area contributed by atoms with Crippen molar-refractivity contribution in [2.75, 3.05) is 23.3 Å². The van der Waals surface area contributed by atoms with E-state index in [-0.39, 0.29) is 12.0 Å². The molecule has 1 fully saturated rings. The molecule has 25 heavy (non-hydrogen) atoms. The third-order valence-corrected chi connectivity index (χ3v) is 4.55. The maximum Gasteiger partial charge on any atom is 0.269 e. The Kier molecular flexibility index (Phi) is 4.17. The number of hydrogen-bond donors (Lipinski definition) is 1. The van der Waals surface area contributed by atoms with Crippen LogP contribution < -0.4 is 19.7 Å². The number of nitrogens with zero attached hydrogens (tertiary/aromatic N) is 2. The van der Waals surface area contributed by atoms with Crippen molar-refractivity contribution in [3.8, 4) is 11.5 Å². The quantitative estimate of drug-likeness (QED) is 0.932. The molecule has 1 saturated heterocycles. The molecule has 0 bridgehead atoms. The summed E-state index contributed by atoms with van der Waals surface area (Å²) < 4.78 is 11.6. The number of amides is 1. The molecule has 0 spiro atoms. The molecule has 0 aliphatic carbocycles. The second kappa shape index (κ2) is 6.63. The topological polar surface area (TPSA) is 63.7 Å². The number of ether oxygens (including phenoxy) is 2. The minimum absolute atomic E-state index is 0.238. The highest BCUT2D eigenvalue weighted by molar-refractivity contribution is 5.95. The van der Waals surface area contributed by atoms with Gasteiger partial charge in [0, 0.05) is 13.1 Å². The summed E-state index contributed by atoms with van der Waals surface area (Å²) in [7, 11) is 0. The van der Waals surface area contributed by atoms with Crippen molar-refractivity contribution in [1.29, 1.82) is 0 Å². The zero-order valence-corrected chi connectivity index (χ0v) is 14.1. The number of fused-ring (bicyclic) bond motifs is 1. The molecule has 2 atom stereocenters. The van der Waals surface area contributed by atoms with Crippen LogP contribution in [0.5, 0.6) is 11.5 Å². The van der Waals surface area contributed by atoms with Crippen LogP contribution in [0.15, 0.2) is 42.6 Å². The zero-order valence-electron chi connectivity index (χ0n) is 14.1. The molecule has 1 N–H and O–H groups in total. The number of aromatic nitrogens is 1. The van der Waals surface area contributed by atoms with Gasteiger partial charge < -0.3 is 19.7 Å². The van der Waals surface area contributed by atoms with E-state index in [4.69, 9.17) is 9.47 Å². The van der Waals surface area contributed by atoms with E-state index in [9.17, 15) is 4.79 Å². The minimum Gasteiger partial charge on any atom is -0.482 e. The van der Waals surface area contributed by atoms with Crippen LogP contribution in [0.25, 0.3) is 0 Å². The van der Waals surface area contributed by atoms with E-state index < -0.39 is 6.10 Å². The molecule has 2 aliphatic rings. The first kappa shape index (κ1) is 15.7. The fourth-order valence-corrected chi connectivity index (χ4v) is 3.21. The minimum atomic E-state index is -0.701. The Labute approximate surface area is 146 Å². The van der Waals surface area contributed by atoms with Gasteiger partial charge in [-0.1, -0.05) is 12.1 Å². The second-order valence-electron chi connectivity index (χ2n) is 6.40. The van der Waals surface area contributed by atoms with Gasteiger partial charge in [0.15, 0.2) is 11.5 Å². The molecule has 6 nitrogen and oxygen atoms in total. The van der Waals surface area contributed by atoms with Crippen LogP contribution in [0.1, 0.15) is 19.8 Å². The molecule has 130 valence electrons. The number of para-hydroxylation sites is 2. The van der Waals surface area contributed by atoms with E-state index in [1.165, 1.54) is 12.8 Å². The molecule has 6 heteroatoms. The summed E-state index contributed by atoms with van der Waals surface area (Å²) in [6, 6.07) is 11.2. The lowest BCUT2D eigenvalue weighted by Crippen LogP contribution is -2.46. The number of anilines is 2. The van der Waals surface area contributed by atoms with Crippen LogP contribution in [0.2, 0.25) is 0 Å². The molecule has 1 aromatic carbocycles. The SMILES string of the molecule is C[C@H]1Oc2ccccc2O[C@@H]1C(=O)Nc1ccc(N2CCCC2)nc1. The Morgan fingerprint density at radius 1 is 1.12 bits per heavy atom. The third-order valence-electron chi connectivity index (χ3n) is 4.55. The predicted molar refractivity (Wildman–Crippen MR) is 95.3 cm³/mol. The zero-order chi connectivity index (χ0) is 17.2. The van der Waals surface area contributed by atoms with Crippen molar-refractivity contribution in [3.05, 3.63) is 42.6 Å². The monoisotopic (exact) mass is 339 g/mol. The number of rotatable bonds is 3. The second-order valence-corrected chi connectivity index (χ2v) is 6.40. The highest BCUT2D eigenvalue weighted by Crippen LogP contribution is 2.33. The lowest BCUT2D eigenvalue weighted by Gasteiger charge is -2.31. The third kappa shape index (κ3) is 3.24. The smallest absolute Gasteiger partial charge is 0.269 e. The van der Waals surface area contributed by atoms with Crippen LogP contribution >= 0.6 is 0 Å². The van der Waals surface area contributed by atoms with Crippen molar-refractivity contribution in [1.82, 2.24) is 4.98 Å². The van der Waals surface area contributed by atoms with Gasteiger partial charge in [-0.2, -0.15) is 0 Å². The fraction of sp³-hybridized carbons (Fsp3) is 0.368. The molecule has 3 heterocycles. The normalized spacial score (nSPS) is 21.9. The average molecular weight is 339 g/mol. The van der Waals surface area contributed by atoms with E-state index in [0.717, 1.165) is 18.9 Å². The Bertz CT molecular complexity index is 757. The highest BCUT2D eigenvalue weighted by Gasteiger charge is 2.34. The molecule has 2 aliphatic heterocycles. The van der Waals surface area contributed by atoms with Gasteiger partial charge >= 0.3 is 0 Å². The van der Waals surface area contributed by atoms with Crippen molar-refractivity contribution in [2.24, 2.45) is 0 Å². The van der Waals surface area contributed by atoms with Crippen molar-refractivity contribution < 1.29 is 14.3 Å². The molecule has 1 amide bonds. The number of hydrogen-bond acceptors (Lipinski definition) is 5. The Morgan fingerprint density at radius 2 is 1.84 bits per heavy atom. The Hall–Kier alpha value is -2.76. The average Bonchev–Trinajstić information content (AvgIpc) is 3.16. The van der Waals surface area contributed by atoms with Crippen LogP contribution in [0.4, 0.5) is 11.5 Å². The molecule has 0 saturated carbocycles. The first-order valence-electron chi connectivity index (χ1n) is 8.65. The number of carbonyl (C=O) groups is 1. The Morgan fingerprint density at radius 3 is 2.52 bits per heavy atom. The van der Waals surface area contributed by atoms with E-state index in [2.05, 4.69) is 15.2 Å². The highest BCUT2D eigenvalue weighted by atomic mass is 16.6. The summed E-state index contributed by atoms with van der Waals surface area (Å²) in [5.74, 6) is 1.96. The number of benzene rings is 1. The van der Waals surface area contributed by atoms with Crippen molar-refractivity contribution in [2.45, 2.75) is 32.0 Å². The van der Waals surface area contributed by atoms with Crippen molar-refractivity contribution >= 4 is 17.4 Å². The summed E-state index contributed by atoms with van der Waals surface area (Å²) in [6.07, 6.45) is 3.03. The molecule has 2 aromatic rings. The number of nitrogens with one attached hydrogen (secondary N) is 1. The van der Waals surface area contributed by atoms with Gasteiger partial charge in [-0.05, 0) is 44.0 Å². The van der Waals surface area contributed by atoms with Crippen molar-refractivity contribution in [3.63, 3.8) is 0 Å². The molecule has 1 aromatic heterocycles. The number of carbonyl (C=O) groups excluding carboxylic acids is 1. The maximum atomic E-state index is 12.6. The maximum absolute atomic E-state index is 12.6. The van der Waals surface area contributed by atoms with Gasteiger partial charge in [-0.3, -0.25) is 4.79 Å². The largest absolute Gasteiger partial charge is 0.482 e. The predicted octanol–water partition coefficient (Wildman–Crippen LogP) is 2.85. The molecule has 0 radical (unpaired) electrons.